The molecule has 0 fully saturated rings. The van der Waals surface area contributed by atoms with Gasteiger partial charge in [-0.15, -0.1) is 0 Å². The van der Waals surface area contributed by atoms with E-state index in [2.05, 4.69) is 6.07 Å². The van der Waals surface area contributed by atoms with Gasteiger partial charge in [-0.1, -0.05) is 18.2 Å². The van der Waals surface area contributed by atoms with Crippen molar-refractivity contribution in [3.63, 3.8) is 0 Å². The van der Waals surface area contributed by atoms with E-state index in [9.17, 15) is 0 Å². The number of benzene rings is 1. The SMILES string of the molecule is C/C(=C/CN)c1ccc(C#N)cc1. The van der Waals surface area contributed by atoms with Crippen molar-refractivity contribution < 1.29 is 0 Å². The smallest absolute Gasteiger partial charge is 0.0991 e. The lowest BCUT2D eigenvalue weighted by Crippen LogP contribution is -1.94. The van der Waals surface area contributed by atoms with E-state index in [0.29, 0.717) is 12.1 Å². The molecule has 0 aliphatic heterocycles. The van der Waals surface area contributed by atoms with Gasteiger partial charge in [-0.3, -0.25) is 0 Å². The Morgan fingerprint density at radius 1 is 1.46 bits per heavy atom. The zero-order valence-corrected chi connectivity index (χ0v) is 7.62. The fourth-order valence-electron chi connectivity index (χ4n) is 1.10. The van der Waals surface area contributed by atoms with Gasteiger partial charge in [0.15, 0.2) is 0 Å². The number of nitriles is 1. The van der Waals surface area contributed by atoms with Crippen LogP contribution in [0.4, 0.5) is 0 Å². The van der Waals surface area contributed by atoms with E-state index < -0.39 is 0 Å². The summed E-state index contributed by atoms with van der Waals surface area (Å²) in [5.41, 5.74) is 8.34. The first-order valence-corrected chi connectivity index (χ1v) is 4.15. The van der Waals surface area contributed by atoms with Crippen LogP contribution in [-0.2, 0) is 0 Å². The Morgan fingerprint density at radius 3 is 2.54 bits per heavy atom. The molecule has 0 aromatic heterocycles. The third-order valence-electron chi connectivity index (χ3n) is 1.89. The molecule has 0 atom stereocenters. The first kappa shape index (κ1) is 9.50. The molecule has 0 amide bonds. The highest BCUT2D eigenvalue weighted by atomic mass is 14.5. The highest BCUT2D eigenvalue weighted by Gasteiger charge is 1.94. The van der Waals surface area contributed by atoms with Crippen molar-refractivity contribution >= 4 is 5.57 Å². The Morgan fingerprint density at radius 2 is 2.08 bits per heavy atom. The minimum atomic E-state index is 0.547. The second-order valence-corrected chi connectivity index (χ2v) is 2.81. The van der Waals surface area contributed by atoms with Crippen molar-refractivity contribution in [2.45, 2.75) is 6.92 Å². The number of hydrogen-bond donors (Lipinski definition) is 1. The van der Waals surface area contributed by atoms with Crippen LogP contribution in [0.1, 0.15) is 18.1 Å². The molecule has 2 N–H and O–H groups in total. The van der Waals surface area contributed by atoms with E-state index in [0.717, 1.165) is 11.1 Å². The number of nitrogens with zero attached hydrogens (tertiary/aromatic N) is 1. The van der Waals surface area contributed by atoms with Gasteiger partial charge in [0.2, 0.25) is 0 Å². The predicted molar refractivity (Wildman–Crippen MR) is 53.9 cm³/mol. The number of nitrogens with two attached hydrogens (primary N) is 1. The van der Waals surface area contributed by atoms with Gasteiger partial charge in [-0.05, 0) is 30.2 Å². The van der Waals surface area contributed by atoms with Crippen molar-refractivity contribution in [3.8, 4) is 6.07 Å². The molecular formula is C11H12N2. The van der Waals surface area contributed by atoms with Gasteiger partial charge in [0, 0.05) is 6.54 Å². The molecule has 0 saturated carbocycles. The van der Waals surface area contributed by atoms with E-state index >= 15 is 0 Å². The topological polar surface area (TPSA) is 49.8 Å². The summed E-state index contributed by atoms with van der Waals surface area (Å²) in [7, 11) is 0. The lowest BCUT2D eigenvalue weighted by Gasteiger charge is -2.00. The summed E-state index contributed by atoms with van der Waals surface area (Å²) < 4.78 is 0. The maximum atomic E-state index is 8.59. The van der Waals surface area contributed by atoms with Gasteiger partial charge < -0.3 is 5.73 Å². The summed E-state index contributed by atoms with van der Waals surface area (Å²) in [5.74, 6) is 0. The number of hydrogen-bond acceptors (Lipinski definition) is 2. The Kier molecular flexibility index (Phi) is 3.24. The minimum Gasteiger partial charge on any atom is -0.327 e. The summed E-state index contributed by atoms with van der Waals surface area (Å²) in [6.07, 6.45) is 1.96. The maximum absolute atomic E-state index is 8.59. The quantitative estimate of drug-likeness (QED) is 0.740. The summed E-state index contributed by atoms with van der Waals surface area (Å²) in [6, 6.07) is 9.56. The molecule has 0 spiro atoms. The zero-order valence-electron chi connectivity index (χ0n) is 7.62. The van der Waals surface area contributed by atoms with Gasteiger partial charge in [0.25, 0.3) is 0 Å². The monoisotopic (exact) mass is 172 g/mol. The molecule has 0 unspecified atom stereocenters. The van der Waals surface area contributed by atoms with Crippen LogP contribution in [-0.4, -0.2) is 6.54 Å². The fraction of sp³-hybridized carbons (Fsp3) is 0.182. The lowest BCUT2D eigenvalue weighted by atomic mass is 10.1. The molecule has 0 aliphatic rings. The van der Waals surface area contributed by atoms with Crippen LogP contribution in [0.5, 0.6) is 0 Å². The number of rotatable bonds is 2. The molecule has 66 valence electrons. The van der Waals surface area contributed by atoms with E-state index in [4.69, 9.17) is 11.0 Å². The molecule has 2 heteroatoms. The molecule has 1 aromatic rings. The van der Waals surface area contributed by atoms with Gasteiger partial charge in [0.05, 0.1) is 11.6 Å². The highest BCUT2D eigenvalue weighted by molar-refractivity contribution is 5.64. The Balaban J connectivity index is 2.94. The zero-order chi connectivity index (χ0) is 9.68. The van der Waals surface area contributed by atoms with E-state index in [1.54, 1.807) is 0 Å². The van der Waals surface area contributed by atoms with E-state index in [-0.39, 0.29) is 0 Å². The fourth-order valence-corrected chi connectivity index (χ4v) is 1.10. The van der Waals surface area contributed by atoms with Gasteiger partial charge >= 0.3 is 0 Å². The molecule has 0 aliphatic carbocycles. The van der Waals surface area contributed by atoms with Crippen LogP contribution in [0.2, 0.25) is 0 Å². The van der Waals surface area contributed by atoms with E-state index in [1.807, 2.05) is 37.3 Å². The molecule has 1 rings (SSSR count). The molecule has 13 heavy (non-hydrogen) atoms. The maximum Gasteiger partial charge on any atom is 0.0991 e. The normalized spacial score (nSPS) is 11.0. The Labute approximate surface area is 78.3 Å². The van der Waals surface area contributed by atoms with Crippen LogP contribution >= 0.6 is 0 Å². The molecule has 0 radical (unpaired) electrons. The third-order valence-corrected chi connectivity index (χ3v) is 1.89. The molecule has 0 saturated heterocycles. The Hall–Kier alpha value is -1.59. The van der Waals surface area contributed by atoms with Gasteiger partial charge in [-0.2, -0.15) is 5.26 Å². The van der Waals surface area contributed by atoms with Crippen LogP contribution < -0.4 is 5.73 Å². The molecule has 2 nitrogen and oxygen atoms in total. The van der Waals surface area contributed by atoms with E-state index in [1.165, 1.54) is 0 Å². The second-order valence-electron chi connectivity index (χ2n) is 2.81. The molecule has 1 aromatic carbocycles. The van der Waals surface area contributed by atoms with Crippen molar-refractivity contribution in [1.29, 1.82) is 5.26 Å². The van der Waals surface area contributed by atoms with Crippen molar-refractivity contribution in [1.82, 2.24) is 0 Å². The molecule has 0 bridgehead atoms. The average molecular weight is 172 g/mol. The predicted octanol–water partition coefficient (Wildman–Crippen LogP) is 1.92. The summed E-state index contributed by atoms with van der Waals surface area (Å²) >= 11 is 0. The first-order chi connectivity index (χ1) is 6.27. The third kappa shape index (κ3) is 2.43. The van der Waals surface area contributed by atoms with Crippen LogP contribution in [0, 0.1) is 11.3 Å². The van der Waals surface area contributed by atoms with Crippen LogP contribution in [0.3, 0.4) is 0 Å². The average Bonchev–Trinajstić information content (AvgIpc) is 2.18. The largest absolute Gasteiger partial charge is 0.327 e. The highest BCUT2D eigenvalue weighted by Crippen LogP contribution is 2.13. The van der Waals surface area contributed by atoms with Crippen LogP contribution in [0.25, 0.3) is 5.57 Å². The Bertz CT molecular complexity index is 341. The first-order valence-electron chi connectivity index (χ1n) is 4.15. The molecule has 0 heterocycles. The lowest BCUT2D eigenvalue weighted by molar-refractivity contribution is 1.25. The van der Waals surface area contributed by atoms with Gasteiger partial charge in [-0.25, -0.2) is 0 Å². The summed E-state index contributed by atoms with van der Waals surface area (Å²) in [5, 5.41) is 8.59. The van der Waals surface area contributed by atoms with Gasteiger partial charge in [0.1, 0.15) is 0 Å². The summed E-state index contributed by atoms with van der Waals surface area (Å²) in [6.45, 7) is 2.56. The second kappa shape index (κ2) is 4.44. The summed E-state index contributed by atoms with van der Waals surface area (Å²) in [4.78, 5) is 0. The number of allylic oxidation sites excluding steroid dienone is 1. The minimum absolute atomic E-state index is 0.547. The molecular weight excluding hydrogens is 160 g/mol. The van der Waals surface area contributed by atoms with Crippen molar-refractivity contribution in [2.24, 2.45) is 5.73 Å². The van der Waals surface area contributed by atoms with Crippen molar-refractivity contribution in [3.05, 3.63) is 41.5 Å². The van der Waals surface area contributed by atoms with Crippen LogP contribution in [0.15, 0.2) is 30.3 Å². The van der Waals surface area contributed by atoms with Crippen molar-refractivity contribution in [2.75, 3.05) is 6.54 Å². The standard InChI is InChI=1S/C11H12N2/c1-9(6-7-12)11-4-2-10(8-13)3-5-11/h2-6H,7,12H2,1H3/b9-6-.